The molecule has 2 atom stereocenters. The van der Waals surface area contributed by atoms with Gasteiger partial charge in [-0.3, -0.25) is 10.1 Å². The molecule has 0 saturated heterocycles. The molecule has 0 aromatic heterocycles. The molecular formula is C15H27NO4. The average Bonchev–Trinajstić information content (AvgIpc) is 3.09. The minimum absolute atomic E-state index is 0.0463. The van der Waals surface area contributed by atoms with Crippen molar-refractivity contribution in [3.8, 4) is 0 Å². The molecule has 0 radical (unpaired) electrons. The minimum Gasteiger partial charge on any atom is -0.480 e. The Morgan fingerprint density at radius 1 is 1.40 bits per heavy atom. The second kappa shape index (κ2) is 6.00. The van der Waals surface area contributed by atoms with Crippen molar-refractivity contribution in [3.05, 3.63) is 0 Å². The van der Waals surface area contributed by atoms with Crippen molar-refractivity contribution < 1.29 is 19.4 Å². The number of ether oxygens (including phenoxy) is 2. The zero-order valence-electron chi connectivity index (χ0n) is 12.8. The molecule has 0 bridgehead atoms. The van der Waals surface area contributed by atoms with E-state index in [4.69, 9.17) is 9.47 Å². The van der Waals surface area contributed by atoms with E-state index in [-0.39, 0.29) is 11.7 Å². The van der Waals surface area contributed by atoms with Gasteiger partial charge in [0.2, 0.25) is 0 Å². The largest absolute Gasteiger partial charge is 0.480 e. The van der Waals surface area contributed by atoms with Crippen LogP contribution in [0.5, 0.6) is 0 Å². The van der Waals surface area contributed by atoms with Gasteiger partial charge in [-0.25, -0.2) is 0 Å². The highest BCUT2D eigenvalue weighted by molar-refractivity contribution is 5.79. The SMILES string of the molecule is COC(C)(C)CCOC1CCC(NC2CC2)(C(=O)O)C1. The molecule has 0 aromatic rings. The summed E-state index contributed by atoms with van der Waals surface area (Å²) < 4.78 is 11.2. The van der Waals surface area contributed by atoms with Crippen molar-refractivity contribution in [1.29, 1.82) is 0 Å². The molecule has 116 valence electrons. The van der Waals surface area contributed by atoms with E-state index in [0.717, 1.165) is 25.7 Å². The second-order valence-corrected chi connectivity index (χ2v) is 6.76. The van der Waals surface area contributed by atoms with E-state index in [1.807, 2.05) is 13.8 Å². The van der Waals surface area contributed by atoms with Crippen LogP contribution in [0.1, 0.15) is 52.4 Å². The van der Waals surface area contributed by atoms with E-state index in [1.54, 1.807) is 7.11 Å². The molecule has 2 aliphatic carbocycles. The van der Waals surface area contributed by atoms with Crippen LogP contribution in [0.4, 0.5) is 0 Å². The normalized spacial score (nSPS) is 30.6. The van der Waals surface area contributed by atoms with Crippen LogP contribution in [-0.2, 0) is 14.3 Å². The van der Waals surface area contributed by atoms with Gasteiger partial charge in [0.1, 0.15) is 5.54 Å². The molecule has 2 rings (SSSR count). The Labute approximate surface area is 121 Å². The zero-order valence-corrected chi connectivity index (χ0v) is 12.8. The fraction of sp³-hybridized carbons (Fsp3) is 0.933. The Hall–Kier alpha value is -0.650. The summed E-state index contributed by atoms with van der Waals surface area (Å²) in [6, 6.07) is 0.400. The number of carboxylic acid groups (broad SMARTS) is 1. The van der Waals surface area contributed by atoms with Crippen LogP contribution in [-0.4, -0.2) is 48.1 Å². The van der Waals surface area contributed by atoms with Crippen molar-refractivity contribution in [3.63, 3.8) is 0 Å². The smallest absolute Gasteiger partial charge is 0.324 e. The van der Waals surface area contributed by atoms with Crippen LogP contribution >= 0.6 is 0 Å². The summed E-state index contributed by atoms with van der Waals surface area (Å²) in [5.74, 6) is -0.729. The van der Waals surface area contributed by atoms with Gasteiger partial charge in [-0.2, -0.15) is 0 Å². The molecule has 2 fully saturated rings. The summed E-state index contributed by atoms with van der Waals surface area (Å²) in [7, 11) is 1.70. The van der Waals surface area contributed by atoms with Gasteiger partial charge in [0.05, 0.1) is 11.7 Å². The van der Waals surface area contributed by atoms with Crippen LogP contribution in [0.25, 0.3) is 0 Å². The van der Waals surface area contributed by atoms with Gasteiger partial charge in [-0.1, -0.05) is 0 Å². The first-order valence-electron chi connectivity index (χ1n) is 7.55. The first kappa shape index (κ1) is 15.7. The quantitative estimate of drug-likeness (QED) is 0.713. The lowest BCUT2D eigenvalue weighted by atomic mass is 9.97. The van der Waals surface area contributed by atoms with Crippen LogP contribution < -0.4 is 5.32 Å². The minimum atomic E-state index is -0.761. The number of nitrogens with one attached hydrogen (secondary N) is 1. The van der Waals surface area contributed by atoms with Crippen LogP contribution in [0, 0.1) is 0 Å². The van der Waals surface area contributed by atoms with Crippen LogP contribution in [0.3, 0.4) is 0 Å². The van der Waals surface area contributed by atoms with Crippen molar-refractivity contribution in [2.75, 3.05) is 13.7 Å². The lowest BCUT2D eigenvalue weighted by molar-refractivity contribution is -0.145. The Kier molecular flexibility index (Phi) is 4.72. The van der Waals surface area contributed by atoms with E-state index >= 15 is 0 Å². The molecule has 2 N–H and O–H groups in total. The number of hydrogen-bond donors (Lipinski definition) is 2. The highest BCUT2D eigenvalue weighted by Gasteiger charge is 2.48. The maximum atomic E-state index is 11.6. The number of carbonyl (C=O) groups is 1. The lowest BCUT2D eigenvalue weighted by Gasteiger charge is -2.26. The molecule has 2 unspecified atom stereocenters. The molecule has 0 aromatic carbocycles. The topological polar surface area (TPSA) is 67.8 Å². The van der Waals surface area contributed by atoms with Crippen LogP contribution in [0.15, 0.2) is 0 Å². The third-order valence-electron chi connectivity index (χ3n) is 4.55. The highest BCUT2D eigenvalue weighted by Crippen LogP contribution is 2.36. The summed E-state index contributed by atoms with van der Waals surface area (Å²) in [5.41, 5.74) is -0.947. The van der Waals surface area contributed by atoms with E-state index < -0.39 is 11.5 Å². The molecule has 2 aliphatic rings. The lowest BCUT2D eigenvalue weighted by Crippen LogP contribution is -2.51. The average molecular weight is 285 g/mol. The molecular weight excluding hydrogens is 258 g/mol. The van der Waals surface area contributed by atoms with Gasteiger partial charge < -0.3 is 14.6 Å². The molecule has 0 heterocycles. The number of aliphatic carboxylic acids is 1. The third kappa shape index (κ3) is 3.93. The fourth-order valence-corrected chi connectivity index (χ4v) is 2.72. The van der Waals surface area contributed by atoms with Crippen molar-refractivity contribution >= 4 is 5.97 Å². The van der Waals surface area contributed by atoms with Crippen molar-refractivity contribution in [1.82, 2.24) is 5.32 Å². The Morgan fingerprint density at radius 3 is 2.65 bits per heavy atom. The van der Waals surface area contributed by atoms with Gasteiger partial charge in [-0.15, -0.1) is 0 Å². The first-order chi connectivity index (χ1) is 9.37. The summed E-state index contributed by atoms with van der Waals surface area (Å²) in [5, 5.41) is 12.8. The monoisotopic (exact) mass is 285 g/mol. The predicted octanol–water partition coefficient (Wildman–Crippen LogP) is 1.95. The Balaban J connectivity index is 1.79. The van der Waals surface area contributed by atoms with Gasteiger partial charge in [-0.05, 0) is 46.0 Å². The number of hydrogen-bond acceptors (Lipinski definition) is 4. The molecule has 0 spiro atoms. The molecule has 0 amide bonds. The predicted molar refractivity (Wildman–Crippen MR) is 75.8 cm³/mol. The fourth-order valence-electron chi connectivity index (χ4n) is 2.72. The molecule has 5 heteroatoms. The zero-order chi connectivity index (χ0) is 14.8. The summed E-state index contributed by atoms with van der Waals surface area (Å²) >= 11 is 0. The Morgan fingerprint density at radius 2 is 2.10 bits per heavy atom. The third-order valence-corrected chi connectivity index (χ3v) is 4.55. The van der Waals surface area contributed by atoms with E-state index in [2.05, 4.69) is 5.32 Å². The number of carboxylic acids is 1. The second-order valence-electron chi connectivity index (χ2n) is 6.76. The maximum absolute atomic E-state index is 11.6. The van der Waals surface area contributed by atoms with Gasteiger partial charge in [0.15, 0.2) is 0 Å². The molecule has 20 heavy (non-hydrogen) atoms. The van der Waals surface area contributed by atoms with Gasteiger partial charge >= 0.3 is 5.97 Å². The molecule has 2 saturated carbocycles. The van der Waals surface area contributed by atoms with Gasteiger partial charge in [0.25, 0.3) is 0 Å². The van der Waals surface area contributed by atoms with E-state index in [1.165, 1.54) is 0 Å². The number of rotatable bonds is 8. The maximum Gasteiger partial charge on any atom is 0.324 e. The van der Waals surface area contributed by atoms with Crippen LogP contribution in [0.2, 0.25) is 0 Å². The van der Waals surface area contributed by atoms with Crippen molar-refractivity contribution in [2.24, 2.45) is 0 Å². The first-order valence-corrected chi connectivity index (χ1v) is 7.55. The standard InChI is InChI=1S/C15H27NO4/c1-14(2,19-3)8-9-20-12-6-7-15(10-12,13(17)18)16-11-4-5-11/h11-12,16H,4-10H2,1-3H3,(H,17,18). The van der Waals surface area contributed by atoms with E-state index in [0.29, 0.717) is 25.5 Å². The molecule has 5 nitrogen and oxygen atoms in total. The summed E-state index contributed by atoms with van der Waals surface area (Å²) in [6.45, 7) is 4.67. The molecule has 0 aliphatic heterocycles. The van der Waals surface area contributed by atoms with Crippen molar-refractivity contribution in [2.45, 2.75) is 75.7 Å². The highest BCUT2D eigenvalue weighted by atomic mass is 16.5. The van der Waals surface area contributed by atoms with Gasteiger partial charge in [0, 0.05) is 26.2 Å². The Bertz CT molecular complexity index is 354. The van der Waals surface area contributed by atoms with E-state index in [9.17, 15) is 9.90 Å². The number of methoxy groups -OCH3 is 1. The summed E-state index contributed by atoms with van der Waals surface area (Å²) in [4.78, 5) is 11.6. The summed E-state index contributed by atoms with van der Waals surface area (Å²) in [6.07, 6.45) is 5.12.